The molecule has 0 radical (unpaired) electrons. The number of fused-ring (bicyclic) bond motifs is 1. The van der Waals surface area contributed by atoms with Crippen LogP contribution in [0.25, 0.3) is 0 Å². The Morgan fingerprint density at radius 2 is 2.00 bits per heavy atom. The van der Waals surface area contributed by atoms with Crippen molar-refractivity contribution in [3.63, 3.8) is 0 Å². The first-order valence-electron chi connectivity index (χ1n) is 7.11. The summed E-state index contributed by atoms with van der Waals surface area (Å²) in [7, 11) is 0. The first-order valence-corrected chi connectivity index (χ1v) is 7.11. The summed E-state index contributed by atoms with van der Waals surface area (Å²) in [5.41, 5.74) is 1.98. The molecule has 1 aromatic rings. The van der Waals surface area contributed by atoms with Crippen molar-refractivity contribution in [3.05, 3.63) is 24.0 Å². The van der Waals surface area contributed by atoms with Crippen molar-refractivity contribution >= 4 is 11.7 Å². The van der Waals surface area contributed by atoms with Crippen molar-refractivity contribution in [3.8, 4) is 0 Å². The maximum Gasteiger partial charge on any atom is 0.324 e. The third-order valence-electron chi connectivity index (χ3n) is 4.13. The van der Waals surface area contributed by atoms with Gasteiger partial charge in [0.15, 0.2) is 0 Å². The van der Waals surface area contributed by atoms with Crippen LogP contribution in [0.15, 0.2) is 18.3 Å². The van der Waals surface area contributed by atoms with Gasteiger partial charge in [-0.3, -0.25) is 9.88 Å². The monoisotopic (exact) mass is 259 g/mol. The molecule has 1 aromatic heterocycles. The predicted octanol–water partition coefficient (Wildman–Crippen LogP) is 2.79. The summed E-state index contributed by atoms with van der Waals surface area (Å²) in [4.78, 5) is 21.1. The Bertz CT molecular complexity index is 492. The number of carbonyl (C=O) groups is 1. The topological polar surface area (TPSA) is 36.4 Å². The Morgan fingerprint density at radius 3 is 2.74 bits per heavy atom. The van der Waals surface area contributed by atoms with Crippen molar-refractivity contribution in [2.45, 2.75) is 38.5 Å². The highest BCUT2D eigenvalue weighted by molar-refractivity contribution is 5.94. The Hall–Kier alpha value is -1.58. The number of anilines is 1. The Morgan fingerprint density at radius 1 is 1.26 bits per heavy atom. The van der Waals surface area contributed by atoms with Crippen LogP contribution in [0.5, 0.6) is 0 Å². The van der Waals surface area contributed by atoms with Crippen LogP contribution < -0.4 is 4.90 Å². The number of hydrogen-bond acceptors (Lipinski definition) is 2. The lowest BCUT2D eigenvalue weighted by atomic mass is 9.91. The molecule has 0 aliphatic carbocycles. The van der Waals surface area contributed by atoms with Gasteiger partial charge in [-0.2, -0.15) is 0 Å². The smallest absolute Gasteiger partial charge is 0.324 e. The van der Waals surface area contributed by atoms with E-state index in [0.29, 0.717) is 0 Å². The van der Waals surface area contributed by atoms with Crippen molar-refractivity contribution < 1.29 is 4.79 Å². The molecule has 0 saturated carbocycles. The third kappa shape index (κ3) is 2.09. The fourth-order valence-electron chi connectivity index (χ4n) is 3.12. The number of carbonyl (C=O) groups excluding carboxylic acids is 1. The van der Waals surface area contributed by atoms with Gasteiger partial charge in [0, 0.05) is 31.2 Å². The van der Waals surface area contributed by atoms with Gasteiger partial charge in [0.2, 0.25) is 0 Å². The van der Waals surface area contributed by atoms with Crippen LogP contribution in [0.3, 0.4) is 0 Å². The molecule has 1 saturated heterocycles. The van der Waals surface area contributed by atoms with Crippen LogP contribution in [-0.2, 0) is 5.41 Å². The molecule has 3 rings (SSSR count). The second-order valence-electron chi connectivity index (χ2n) is 6.17. The van der Waals surface area contributed by atoms with E-state index >= 15 is 0 Å². The number of pyridine rings is 1. The molecule has 4 heteroatoms. The first kappa shape index (κ1) is 12.5. The lowest BCUT2D eigenvalue weighted by molar-refractivity contribution is 0.192. The third-order valence-corrected chi connectivity index (χ3v) is 4.13. The normalized spacial score (nSPS) is 21.4. The number of nitrogens with zero attached hydrogens (tertiary/aromatic N) is 3. The molecule has 2 aliphatic heterocycles. The molecule has 102 valence electrons. The number of amides is 2. The molecule has 19 heavy (non-hydrogen) atoms. The second-order valence-corrected chi connectivity index (χ2v) is 6.17. The van der Waals surface area contributed by atoms with E-state index in [4.69, 9.17) is 0 Å². The van der Waals surface area contributed by atoms with E-state index in [1.54, 1.807) is 0 Å². The molecule has 0 unspecified atom stereocenters. The van der Waals surface area contributed by atoms with Crippen molar-refractivity contribution in [2.75, 3.05) is 24.5 Å². The SMILES string of the molecule is CC1(C)CN(C(=O)N2CCCCC2)c2cccnc21. The fraction of sp³-hybridized carbons (Fsp3) is 0.600. The van der Waals surface area contributed by atoms with Gasteiger partial charge in [-0.05, 0) is 31.4 Å². The maximum absolute atomic E-state index is 12.7. The van der Waals surface area contributed by atoms with E-state index in [0.717, 1.165) is 43.9 Å². The molecular formula is C15H21N3O. The Labute approximate surface area is 114 Å². The maximum atomic E-state index is 12.7. The molecule has 0 atom stereocenters. The minimum Gasteiger partial charge on any atom is -0.324 e. The summed E-state index contributed by atoms with van der Waals surface area (Å²) in [6.45, 7) is 6.83. The van der Waals surface area contributed by atoms with Crippen LogP contribution in [0.1, 0.15) is 38.8 Å². The minimum atomic E-state index is -0.0535. The molecule has 2 aliphatic rings. The van der Waals surface area contributed by atoms with Crippen LogP contribution in [0.2, 0.25) is 0 Å². The van der Waals surface area contributed by atoms with E-state index in [-0.39, 0.29) is 11.4 Å². The van der Waals surface area contributed by atoms with Gasteiger partial charge >= 0.3 is 6.03 Å². The average molecular weight is 259 g/mol. The van der Waals surface area contributed by atoms with Gasteiger partial charge in [0.1, 0.15) is 0 Å². The van der Waals surface area contributed by atoms with Gasteiger partial charge in [-0.15, -0.1) is 0 Å². The van der Waals surface area contributed by atoms with Crippen LogP contribution in [0.4, 0.5) is 10.5 Å². The van der Waals surface area contributed by atoms with Crippen molar-refractivity contribution in [1.29, 1.82) is 0 Å². The first-order chi connectivity index (χ1) is 9.09. The standard InChI is InChI=1S/C15H21N3O/c1-15(2)11-18(12-7-6-8-16-13(12)15)14(19)17-9-4-3-5-10-17/h6-8H,3-5,9-11H2,1-2H3. The second kappa shape index (κ2) is 4.51. The van der Waals surface area contributed by atoms with Gasteiger partial charge in [-0.1, -0.05) is 13.8 Å². The molecule has 2 amide bonds. The van der Waals surface area contributed by atoms with Crippen molar-refractivity contribution in [2.24, 2.45) is 0 Å². The molecule has 0 bridgehead atoms. The zero-order valence-corrected chi connectivity index (χ0v) is 11.7. The van der Waals surface area contributed by atoms with E-state index in [1.807, 2.05) is 28.1 Å². The summed E-state index contributed by atoms with van der Waals surface area (Å²) < 4.78 is 0. The van der Waals surface area contributed by atoms with Crippen LogP contribution in [0, 0.1) is 0 Å². The summed E-state index contributed by atoms with van der Waals surface area (Å²) in [5.74, 6) is 0. The van der Waals surface area contributed by atoms with Gasteiger partial charge < -0.3 is 4.90 Å². The summed E-state index contributed by atoms with van der Waals surface area (Å²) in [6.07, 6.45) is 5.31. The zero-order chi connectivity index (χ0) is 13.5. The molecule has 0 spiro atoms. The number of urea groups is 1. The quantitative estimate of drug-likeness (QED) is 0.718. The highest BCUT2D eigenvalue weighted by Crippen LogP contribution is 2.39. The molecule has 0 N–H and O–H groups in total. The predicted molar refractivity (Wildman–Crippen MR) is 75.4 cm³/mol. The Balaban J connectivity index is 1.88. The lowest BCUT2D eigenvalue weighted by Crippen LogP contribution is -2.46. The minimum absolute atomic E-state index is 0.0535. The highest BCUT2D eigenvalue weighted by atomic mass is 16.2. The number of hydrogen-bond donors (Lipinski definition) is 0. The van der Waals surface area contributed by atoms with Crippen LogP contribution in [-0.4, -0.2) is 35.5 Å². The number of likely N-dealkylation sites (tertiary alicyclic amines) is 1. The van der Waals surface area contributed by atoms with Crippen LogP contribution >= 0.6 is 0 Å². The molecule has 3 heterocycles. The van der Waals surface area contributed by atoms with Gasteiger partial charge in [0.25, 0.3) is 0 Å². The average Bonchev–Trinajstić information content (AvgIpc) is 2.72. The number of aromatic nitrogens is 1. The highest BCUT2D eigenvalue weighted by Gasteiger charge is 2.40. The van der Waals surface area contributed by atoms with Gasteiger partial charge in [-0.25, -0.2) is 4.79 Å². The number of piperidine rings is 1. The van der Waals surface area contributed by atoms with E-state index in [1.165, 1.54) is 6.42 Å². The summed E-state index contributed by atoms with van der Waals surface area (Å²) >= 11 is 0. The van der Waals surface area contributed by atoms with E-state index in [9.17, 15) is 4.79 Å². The van der Waals surface area contributed by atoms with E-state index in [2.05, 4.69) is 18.8 Å². The fourth-order valence-corrected chi connectivity index (χ4v) is 3.12. The molecular weight excluding hydrogens is 238 g/mol. The number of rotatable bonds is 0. The summed E-state index contributed by atoms with van der Waals surface area (Å²) in [6, 6.07) is 4.08. The van der Waals surface area contributed by atoms with Gasteiger partial charge in [0.05, 0.1) is 11.4 Å². The largest absolute Gasteiger partial charge is 0.324 e. The molecule has 1 fully saturated rings. The van der Waals surface area contributed by atoms with E-state index < -0.39 is 0 Å². The zero-order valence-electron chi connectivity index (χ0n) is 11.7. The lowest BCUT2D eigenvalue weighted by Gasteiger charge is -2.31. The van der Waals surface area contributed by atoms with Crippen molar-refractivity contribution in [1.82, 2.24) is 9.88 Å². The molecule has 4 nitrogen and oxygen atoms in total. The molecule has 0 aromatic carbocycles. The Kier molecular flexibility index (Phi) is 2.96. The summed E-state index contributed by atoms with van der Waals surface area (Å²) in [5, 5.41) is 0.